The van der Waals surface area contributed by atoms with Gasteiger partial charge in [-0.25, -0.2) is 33.9 Å². The molecule has 2 aromatic rings. The Kier molecular flexibility index (Phi) is 27.9. The highest BCUT2D eigenvalue weighted by molar-refractivity contribution is 5.93. The van der Waals surface area contributed by atoms with Crippen LogP contribution in [-0.2, 0) is 42.6 Å². The fraction of sp³-hybridized carbons (Fsp3) is 0.615. The summed E-state index contributed by atoms with van der Waals surface area (Å²) in [5.74, 6) is -2.11. The van der Waals surface area contributed by atoms with Gasteiger partial charge in [-0.1, -0.05) is 5.11 Å². The van der Waals surface area contributed by atoms with Crippen molar-refractivity contribution in [3.05, 3.63) is 57.5 Å². The minimum absolute atomic E-state index is 0.0447. The van der Waals surface area contributed by atoms with Crippen molar-refractivity contribution in [1.82, 2.24) is 15.3 Å². The molecule has 0 aliphatic heterocycles. The van der Waals surface area contributed by atoms with Gasteiger partial charge in [0.15, 0.2) is 22.8 Å². The van der Waals surface area contributed by atoms with Gasteiger partial charge < -0.3 is 57.4 Å². The molecule has 61 heavy (non-hydrogen) atoms. The third-order valence-corrected chi connectivity index (χ3v) is 6.59. The van der Waals surface area contributed by atoms with E-state index in [1.54, 1.807) is 48.5 Å². The van der Waals surface area contributed by atoms with Gasteiger partial charge in [0.1, 0.15) is 30.3 Å². The summed E-state index contributed by atoms with van der Waals surface area (Å²) in [5.41, 5.74) is 7.39. The average Bonchev–Trinajstić information content (AvgIpc) is 3.22. The number of aromatic nitrogens is 2. The maximum Gasteiger partial charge on any atom is 0.407 e. The molecule has 0 radical (unpaired) electrons. The van der Waals surface area contributed by atoms with Gasteiger partial charge in [-0.2, -0.15) is 0 Å². The van der Waals surface area contributed by atoms with Gasteiger partial charge in [0.05, 0.1) is 79.3 Å². The first-order valence-corrected chi connectivity index (χ1v) is 19.5. The Bertz CT molecular complexity index is 1610. The summed E-state index contributed by atoms with van der Waals surface area (Å²) in [5, 5.41) is 5.93. The highest BCUT2D eigenvalue weighted by Gasteiger charge is 2.19. The minimum Gasteiger partial charge on any atom is -0.491 e. The molecule has 0 aliphatic rings. The van der Waals surface area contributed by atoms with E-state index in [4.69, 9.17) is 57.6 Å². The number of rotatable bonds is 28. The second-order valence-corrected chi connectivity index (χ2v) is 12.6. The summed E-state index contributed by atoms with van der Waals surface area (Å²) >= 11 is 0. The molecule has 0 saturated heterocycles. The van der Waals surface area contributed by atoms with Crippen molar-refractivity contribution in [1.29, 1.82) is 0 Å². The predicted octanol–water partition coefficient (Wildman–Crippen LogP) is 4.53. The first-order valence-electron chi connectivity index (χ1n) is 19.5. The van der Waals surface area contributed by atoms with E-state index in [0.717, 1.165) is 0 Å². The van der Waals surface area contributed by atoms with Crippen molar-refractivity contribution in [2.24, 2.45) is 5.11 Å². The van der Waals surface area contributed by atoms with Crippen molar-refractivity contribution in [3.63, 3.8) is 0 Å². The number of hydrogen-bond donors (Lipinski definition) is 1. The molecular weight excluding hydrogens is 808 g/mol. The normalized spacial score (nSPS) is 10.5. The number of azide groups is 1. The second kappa shape index (κ2) is 32.0. The van der Waals surface area contributed by atoms with Gasteiger partial charge in [0.25, 0.3) is 0 Å². The Hall–Kier alpha value is -5.80. The molecule has 0 aromatic carbocycles. The van der Waals surface area contributed by atoms with E-state index in [-0.39, 0.29) is 93.7 Å². The minimum atomic E-state index is -0.664. The SMILES string of the molecule is CCOC(=O)c1cc(OCCOCCOCCN=[N+]=[N-])cc(C(=O)OCC)n1.CCOC(=O)c1cc(OCCOCCOCCNC(=O)OC(C)(C)C)cc(C(=O)OCC)n1. The highest BCUT2D eigenvalue weighted by atomic mass is 16.6. The van der Waals surface area contributed by atoms with E-state index >= 15 is 0 Å². The Balaban J connectivity index is 0.000000618. The summed E-state index contributed by atoms with van der Waals surface area (Å²) in [6.45, 7) is 16.3. The highest BCUT2D eigenvalue weighted by Crippen LogP contribution is 2.18. The molecule has 340 valence electrons. The number of ether oxygens (including phenoxy) is 11. The van der Waals surface area contributed by atoms with E-state index in [1.807, 2.05) is 0 Å². The molecule has 0 bridgehead atoms. The maximum absolute atomic E-state index is 12.0. The number of amides is 1. The van der Waals surface area contributed by atoms with Crippen LogP contribution in [0.4, 0.5) is 4.79 Å². The summed E-state index contributed by atoms with van der Waals surface area (Å²) in [7, 11) is 0. The standard InChI is InChI=1S/C22H34N2O9.C17H24N4O7/c1-6-30-19(25)17-14-16(15-18(24-17)20(26)31-7-2)32-13-12-29-11-10-28-9-8-23-21(27)33-22(3,4)5;1-3-26-16(22)14-11-13(12-15(20-14)17(23)27-4-2)28-10-9-25-8-7-24-6-5-19-21-18/h14-15H,6-13H2,1-5H3,(H,23,27);11-12H,3-10H2,1-2H3. The lowest BCUT2D eigenvalue weighted by Gasteiger charge is -2.19. The molecule has 0 saturated carbocycles. The molecule has 2 heterocycles. The molecule has 22 nitrogen and oxygen atoms in total. The van der Waals surface area contributed by atoms with Crippen LogP contribution in [0.3, 0.4) is 0 Å². The van der Waals surface area contributed by atoms with Crippen LogP contribution in [0.25, 0.3) is 10.4 Å². The van der Waals surface area contributed by atoms with Crippen LogP contribution < -0.4 is 14.8 Å². The maximum atomic E-state index is 12.0. The van der Waals surface area contributed by atoms with Crippen LogP contribution in [0, 0.1) is 0 Å². The summed E-state index contributed by atoms with van der Waals surface area (Å²) in [6, 6.07) is 5.56. The van der Waals surface area contributed by atoms with Gasteiger partial charge in [0.2, 0.25) is 0 Å². The molecule has 1 N–H and O–H groups in total. The Morgan fingerprint density at radius 3 is 1.26 bits per heavy atom. The second-order valence-electron chi connectivity index (χ2n) is 12.6. The zero-order valence-corrected chi connectivity index (χ0v) is 35.9. The Labute approximate surface area is 354 Å². The first-order chi connectivity index (χ1) is 29.3. The molecule has 0 aliphatic carbocycles. The zero-order chi connectivity index (χ0) is 45.3. The number of carbonyl (C=O) groups is 5. The molecule has 22 heteroatoms. The molecular formula is C39H58N6O16. The lowest BCUT2D eigenvalue weighted by Crippen LogP contribution is -2.34. The third-order valence-electron chi connectivity index (χ3n) is 6.59. The van der Waals surface area contributed by atoms with Gasteiger partial charge in [-0.05, 0) is 54.0 Å². The zero-order valence-electron chi connectivity index (χ0n) is 35.9. The first kappa shape index (κ1) is 53.2. The van der Waals surface area contributed by atoms with Crippen LogP contribution in [0.5, 0.6) is 11.5 Å². The van der Waals surface area contributed by atoms with E-state index < -0.39 is 35.6 Å². The largest absolute Gasteiger partial charge is 0.491 e. The molecule has 0 unspecified atom stereocenters. The quantitative estimate of drug-likeness (QED) is 0.0307. The topological polar surface area (TPSA) is 273 Å². The van der Waals surface area contributed by atoms with Crippen LogP contribution >= 0.6 is 0 Å². The van der Waals surface area contributed by atoms with Crippen molar-refractivity contribution in [3.8, 4) is 11.5 Å². The van der Waals surface area contributed by atoms with Gasteiger partial charge in [-0.15, -0.1) is 0 Å². The molecule has 2 rings (SSSR count). The lowest BCUT2D eigenvalue weighted by molar-refractivity contribution is 0.0327. The lowest BCUT2D eigenvalue weighted by atomic mass is 10.2. The summed E-state index contributed by atoms with van der Waals surface area (Å²) < 4.78 is 57.2. The number of nitrogens with one attached hydrogen (secondary N) is 1. The van der Waals surface area contributed by atoms with Crippen LogP contribution in [0.2, 0.25) is 0 Å². The average molecular weight is 867 g/mol. The van der Waals surface area contributed by atoms with Crippen LogP contribution in [-0.4, -0.2) is 151 Å². The van der Waals surface area contributed by atoms with Crippen molar-refractivity contribution >= 4 is 30.0 Å². The molecule has 0 atom stereocenters. The monoisotopic (exact) mass is 866 g/mol. The van der Waals surface area contributed by atoms with Gasteiger partial charge >= 0.3 is 30.0 Å². The number of pyridine rings is 2. The fourth-order valence-electron chi connectivity index (χ4n) is 4.19. The summed E-state index contributed by atoms with van der Waals surface area (Å²) in [4.78, 5) is 69.8. The Morgan fingerprint density at radius 2 is 0.918 bits per heavy atom. The number of carbonyl (C=O) groups excluding carboxylic acids is 5. The van der Waals surface area contributed by atoms with E-state index in [9.17, 15) is 24.0 Å². The fourth-order valence-corrected chi connectivity index (χ4v) is 4.19. The van der Waals surface area contributed by atoms with E-state index in [1.165, 1.54) is 24.3 Å². The summed E-state index contributed by atoms with van der Waals surface area (Å²) in [6.07, 6.45) is -0.493. The van der Waals surface area contributed by atoms with Crippen molar-refractivity contribution in [2.75, 3.05) is 106 Å². The van der Waals surface area contributed by atoms with Crippen LogP contribution in [0.1, 0.15) is 90.4 Å². The molecule has 0 spiro atoms. The van der Waals surface area contributed by atoms with Crippen molar-refractivity contribution in [2.45, 2.75) is 54.1 Å². The van der Waals surface area contributed by atoms with Crippen molar-refractivity contribution < 1.29 is 76.1 Å². The van der Waals surface area contributed by atoms with Gasteiger partial charge in [-0.3, -0.25) is 0 Å². The van der Waals surface area contributed by atoms with Gasteiger partial charge in [0, 0.05) is 42.3 Å². The smallest absolute Gasteiger partial charge is 0.407 e. The van der Waals surface area contributed by atoms with E-state index in [2.05, 4.69) is 25.3 Å². The number of nitrogens with zero attached hydrogens (tertiary/aromatic N) is 5. The molecule has 2 aromatic heterocycles. The van der Waals surface area contributed by atoms with Crippen LogP contribution in [0.15, 0.2) is 29.4 Å². The predicted molar refractivity (Wildman–Crippen MR) is 215 cm³/mol. The molecule has 1 amide bonds. The number of alkyl carbamates (subject to hydrolysis) is 1. The Morgan fingerprint density at radius 1 is 0.574 bits per heavy atom. The number of hydrogen-bond acceptors (Lipinski definition) is 19. The molecule has 0 fully saturated rings. The van der Waals surface area contributed by atoms with E-state index in [0.29, 0.717) is 46.2 Å². The number of esters is 4. The third kappa shape index (κ3) is 25.4.